The Kier molecular flexibility index (Phi) is 2.55. The number of thioether (sulfide) groups is 1. The van der Waals surface area contributed by atoms with Gasteiger partial charge >= 0.3 is 5.97 Å². The molecule has 2 rings (SSSR count). The molecule has 0 saturated carbocycles. The van der Waals surface area contributed by atoms with Crippen LogP contribution in [0, 0.1) is 0 Å². The number of carboxylic acid groups (broad SMARTS) is 1. The number of aromatic amines is 1. The van der Waals surface area contributed by atoms with Crippen molar-refractivity contribution in [2.24, 2.45) is 0 Å². The molecule has 0 fully saturated rings. The minimum Gasteiger partial charge on any atom is -0.480 e. The van der Waals surface area contributed by atoms with Gasteiger partial charge in [0.05, 0.1) is 11.6 Å². The first kappa shape index (κ1) is 9.91. The highest BCUT2D eigenvalue weighted by Gasteiger charge is 2.15. The van der Waals surface area contributed by atoms with E-state index in [9.17, 15) is 4.79 Å². The van der Waals surface area contributed by atoms with Crippen LogP contribution in [0.15, 0.2) is 17.6 Å². The van der Waals surface area contributed by atoms with Gasteiger partial charge in [-0.15, -0.1) is 0 Å². The second kappa shape index (κ2) is 3.85. The van der Waals surface area contributed by atoms with Gasteiger partial charge in [0.2, 0.25) is 0 Å². The maximum absolute atomic E-state index is 10.7. The summed E-state index contributed by atoms with van der Waals surface area (Å²) < 4.78 is 0. The van der Waals surface area contributed by atoms with E-state index in [2.05, 4.69) is 20.2 Å². The summed E-state index contributed by atoms with van der Waals surface area (Å²) in [7, 11) is 0. The van der Waals surface area contributed by atoms with Gasteiger partial charge in [0.1, 0.15) is 16.6 Å². The standard InChI is InChI=1S/C8H8N4O2S/c1-4(8(13)14)15-7-5-2-11-12-6(5)9-3-10-7/h2-4H,1H3,(H,13,14)(H,9,10,11,12). The summed E-state index contributed by atoms with van der Waals surface area (Å²) in [6.07, 6.45) is 2.98. The van der Waals surface area contributed by atoms with E-state index < -0.39 is 11.2 Å². The van der Waals surface area contributed by atoms with Crippen LogP contribution in [0.3, 0.4) is 0 Å². The van der Waals surface area contributed by atoms with Gasteiger partial charge < -0.3 is 5.11 Å². The van der Waals surface area contributed by atoms with Gasteiger partial charge in [-0.1, -0.05) is 11.8 Å². The molecule has 15 heavy (non-hydrogen) atoms. The maximum Gasteiger partial charge on any atom is 0.316 e. The quantitative estimate of drug-likeness (QED) is 0.595. The zero-order valence-corrected chi connectivity index (χ0v) is 8.65. The fourth-order valence-electron chi connectivity index (χ4n) is 1.05. The lowest BCUT2D eigenvalue weighted by Gasteiger charge is -2.04. The Balaban J connectivity index is 2.35. The lowest BCUT2D eigenvalue weighted by molar-refractivity contribution is -0.136. The van der Waals surface area contributed by atoms with Crippen molar-refractivity contribution in [1.82, 2.24) is 20.2 Å². The van der Waals surface area contributed by atoms with Crippen LogP contribution in [0.5, 0.6) is 0 Å². The minimum atomic E-state index is -0.866. The third kappa shape index (κ3) is 1.91. The fraction of sp³-hybridized carbons (Fsp3) is 0.250. The largest absolute Gasteiger partial charge is 0.480 e. The van der Waals surface area contributed by atoms with E-state index >= 15 is 0 Å². The number of hydrogen-bond donors (Lipinski definition) is 2. The molecular formula is C8H8N4O2S. The zero-order chi connectivity index (χ0) is 10.8. The molecule has 1 atom stereocenters. The predicted octanol–water partition coefficient (Wildman–Crippen LogP) is 0.918. The number of rotatable bonds is 3. The number of nitrogens with zero attached hydrogens (tertiary/aromatic N) is 3. The molecule has 1 unspecified atom stereocenters. The zero-order valence-electron chi connectivity index (χ0n) is 7.84. The summed E-state index contributed by atoms with van der Waals surface area (Å²) >= 11 is 1.18. The summed E-state index contributed by atoms with van der Waals surface area (Å²) in [5, 5.41) is 16.1. The first-order chi connectivity index (χ1) is 7.18. The maximum atomic E-state index is 10.7. The van der Waals surface area contributed by atoms with Crippen LogP contribution < -0.4 is 0 Å². The lowest BCUT2D eigenvalue weighted by atomic mass is 10.4. The summed E-state index contributed by atoms with van der Waals surface area (Å²) in [5.74, 6) is -0.866. The molecule has 7 heteroatoms. The Hall–Kier alpha value is -1.63. The molecule has 78 valence electrons. The smallest absolute Gasteiger partial charge is 0.316 e. The number of nitrogens with one attached hydrogen (secondary N) is 1. The number of aliphatic carboxylic acids is 1. The molecule has 6 nitrogen and oxygen atoms in total. The van der Waals surface area contributed by atoms with Crippen LogP contribution in [0.4, 0.5) is 0 Å². The van der Waals surface area contributed by atoms with E-state index in [1.807, 2.05) is 0 Å². The van der Waals surface area contributed by atoms with Crippen LogP contribution in [0.1, 0.15) is 6.92 Å². The van der Waals surface area contributed by atoms with Crippen molar-refractivity contribution in [1.29, 1.82) is 0 Å². The second-order valence-corrected chi connectivity index (χ2v) is 4.24. The molecule has 0 aliphatic carbocycles. The number of carbonyl (C=O) groups is 1. The highest BCUT2D eigenvalue weighted by atomic mass is 32.2. The first-order valence-electron chi connectivity index (χ1n) is 4.22. The Bertz CT molecular complexity index is 498. The van der Waals surface area contributed by atoms with Gasteiger partial charge in [-0.3, -0.25) is 9.89 Å². The van der Waals surface area contributed by atoms with E-state index in [4.69, 9.17) is 5.11 Å². The van der Waals surface area contributed by atoms with Crippen molar-refractivity contribution in [3.8, 4) is 0 Å². The van der Waals surface area contributed by atoms with Crippen molar-refractivity contribution in [2.45, 2.75) is 17.2 Å². The number of hydrogen-bond acceptors (Lipinski definition) is 5. The van der Waals surface area contributed by atoms with Gasteiger partial charge in [0.15, 0.2) is 5.65 Å². The topological polar surface area (TPSA) is 91.8 Å². The van der Waals surface area contributed by atoms with Gasteiger partial charge in [0.25, 0.3) is 0 Å². The summed E-state index contributed by atoms with van der Waals surface area (Å²) in [6, 6.07) is 0. The number of fused-ring (bicyclic) bond motifs is 1. The summed E-state index contributed by atoms with van der Waals surface area (Å²) in [5.41, 5.74) is 0.616. The number of H-pyrrole nitrogens is 1. The minimum absolute atomic E-state index is 0.544. The second-order valence-electron chi connectivity index (χ2n) is 2.91. The summed E-state index contributed by atoms with van der Waals surface area (Å²) in [4.78, 5) is 18.7. The Morgan fingerprint density at radius 3 is 3.13 bits per heavy atom. The molecular weight excluding hydrogens is 216 g/mol. The molecule has 2 aromatic heterocycles. The van der Waals surface area contributed by atoms with E-state index in [0.717, 1.165) is 5.39 Å². The Labute approximate surface area is 89.1 Å². The van der Waals surface area contributed by atoms with Crippen molar-refractivity contribution in [3.63, 3.8) is 0 Å². The van der Waals surface area contributed by atoms with Crippen LogP contribution in [0.25, 0.3) is 11.0 Å². The molecule has 0 radical (unpaired) electrons. The average molecular weight is 224 g/mol. The third-order valence-electron chi connectivity index (χ3n) is 1.85. The van der Waals surface area contributed by atoms with Crippen LogP contribution in [-0.2, 0) is 4.79 Å². The van der Waals surface area contributed by atoms with E-state index in [0.29, 0.717) is 10.7 Å². The number of aromatic nitrogens is 4. The molecule has 0 aliphatic heterocycles. The highest BCUT2D eigenvalue weighted by Crippen LogP contribution is 2.26. The van der Waals surface area contributed by atoms with Crippen LogP contribution in [0.2, 0.25) is 0 Å². The molecule has 2 heterocycles. The van der Waals surface area contributed by atoms with Crippen molar-refractivity contribution in [2.75, 3.05) is 0 Å². The van der Waals surface area contributed by atoms with E-state index in [1.54, 1.807) is 13.1 Å². The van der Waals surface area contributed by atoms with Gasteiger partial charge in [-0.25, -0.2) is 9.97 Å². The van der Waals surface area contributed by atoms with Crippen molar-refractivity contribution in [3.05, 3.63) is 12.5 Å². The SMILES string of the molecule is CC(Sc1ncnc2[nH]ncc12)C(=O)O. The fourth-order valence-corrected chi connectivity index (χ4v) is 1.87. The van der Waals surface area contributed by atoms with Gasteiger partial charge in [0, 0.05) is 0 Å². The molecule has 0 aliphatic rings. The highest BCUT2D eigenvalue weighted by molar-refractivity contribution is 8.00. The predicted molar refractivity (Wildman–Crippen MR) is 54.6 cm³/mol. The molecule has 0 amide bonds. The molecule has 0 spiro atoms. The van der Waals surface area contributed by atoms with Gasteiger partial charge in [-0.2, -0.15) is 5.10 Å². The normalized spacial score (nSPS) is 12.9. The molecule has 0 aromatic carbocycles. The molecule has 0 bridgehead atoms. The monoisotopic (exact) mass is 224 g/mol. The average Bonchev–Trinajstić information content (AvgIpc) is 2.66. The van der Waals surface area contributed by atoms with E-state index in [1.165, 1.54) is 18.1 Å². The Morgan fingerprint density at radius 1 is 1.60 bits per heavy atom. The summed E-state index contributed by atoms with van der Waals surface area (Å²) in [6.45, 7) is 1.61. The van der Waals surface area contributed by atoms with E-state index in [-0.39, 0.29) is 0 Å². The van der Waals surface area contributed by atoms with Crippen LogP contribution in [-0.4, -0.2) is 36.5 Å². The first-order valence-corrected chi connectivity index (χ1v) is 5.10. The molecule has 2 aromatic rings. The van der Waals surface area contributed by atoms with Crippen molar-refractivity contribution >= 4 is 28.8 Å². The number of carboxylic acids is 1. The molecule has 2 N–H and O–H groups in total. The molecule has 0 saturated heterocycles. The van der Waals surface area contributed by atoms with Gasteiger partial charge in [-0.05, 0) is 6.92 Å². The van der Waals surface area contributed by atoms with Crippen molar-refractivity contribution < 1.29 is 9.90 Å². The lowest BCUT2D eigenvalue weighted by Crippen LogP contribution is -2.11. The third-order valence-corrected chi connectivity index (χ3v) is 2.95. The van der Waals surface area contributed by atoms with Crippen LogP contribution >= 0.6 is 11.8 Å². The Morgan fingerprint density at radius 2 is 2.40 bits per heavy atom.